The van der Waals surface area contributed by atoms with Crippen molar-refractivity contribution in [2.45, 2.75) is 6.54 Å². The van der Waals surface area contributed by atoms with E-state index in [2.05, 4.69) is 36.9 Å². The number of hydrogen-bond acceptors (Lipinski definition) is 5. The van der Waals surface area contributed by atoms with Gasteiger partial charge in [0.25, 0.3) is 0 Å². The van der Waals surface area contributed by atoms with Crippen LogP contribution >= 0.6 is 27.5 Å². The lowest BCUT2D eigenvalue weighted by molar-refractivity contribution is 0.0537. The van der Waals surface area contributed by atoms with E-state index in [9.17, 15) is 0 Å². The fraction of sp³-hybridized carbons (Fsp3) is 0.375. The molecule has 0 N–H and O–H groups in total. The van der Waals surface area contributed by atoms with Gasteiger partial charge in [-0.15, -0.1) is 0 Å². The van der Waals surface area contributed by atoms with E-state index in [1.807, 2.05) is 12.1 Å². The number of likely N-dealkylation sites (tertiary alicyclic amines) is 1. The number of hydrogen-bond donors (Lipinski definition) is 0. The van der Waals surface area contributed by atoms with E-state index in [1.54, 1.807) is 13.3 Å². The molecule has 0 radical (unpaired) electrons. The zero-order valence-electron chi connectivity index (χ0n) is 12.7. The minimum Gasteiger partial charge on any atom is -0.496 e. The number of halogens is 2. The molecular weight excluding hydrogens is 382 g/mol. The van der Waals surface area contributed by atoms with Crippen molar-refractivity contribution in [2.24, 2.45) is 5.92 Å². The monoisotopic (exact) mass is 397 g/mol. The molecule has 1 aromatic heterocycles. The fourth-order valence-corrected chi connectivity index (χ4v) is 3.17. The highest BCUT2D eigenvalue weighted by molar-refractivity contribution is 9.10. The molecule has 0 unspecified atom stereocenters. The predicted molar refractivity (Wildman–Crippen MR) is 92.0 cm³/mol. The SMILES string of the molecule is COc1ccc(Br)cc1CN1CC(COc2cncc(Cl)n2)C1. The summed E-state index contributed by atoms with van der Waals surface area (Å²) in [7, 11) is 1.70. The van der Waals surface area contributed by atoms with E-state index in [1.165, 1.54) is 11.8 Å². The predicted octanol–water partition coefficient (Wildman–Crippen LogP) is 3.41. The normalized spacial score (nSPS) is 15.3. The molecule has 1 saturated heterocycles. The van der Waals surface area contributed by atoms with E-state index in [-0.39, 0.29) is 0 Å². The average Bonchev–Trinajstić information content (AvgIpc) is 2.49. The van der Waals surface area contributed by atoms with Crippen LogP contribution < -0.4 is 9.47 Å². The summed E-state index contributed by atoms with van der Waals surface area (Å²) in [6.07, 6.45) is 3.07. The molecule has 0 bridgehead atoms. The van der Waals surface area contributed by atoms with Gasteiger partial charge in [-0.1, -0.05) is 27.5 Å². The lowest BCUT2D eigenvalue weighted by Crippen LogP contribution is -2.48. The van der Waals surface area contributed by atoms with Crippen LogP contribution in [0.3, 0.4) is 0 Å². The second kappa shape index (κ2) is 7.47. The Hall–Kier alpha value is -1.37. The van der Waals surface area contributed by atoms with Crippen molar-refractivity contribution < 1.29 is 9.47 Å². The van der Waals surface area contributed by atoms with Crippen LogP contribution in [0.5, 0.6) is 11.6 Å². The van der Waals surface area contributed by atoms with Crippen LogP contribution in [0.25, 0.3) is 0 Å². The minimum absolute atomic E-state index is 0.347. The number of rotatable bonds is 6. The molecule has 2 heterocycles. The topological polar surface area (TPSA) is 47.5 Å². The third kappa shape index (κ3) is 4.34. The molecule has 1 aliphatic heterocycles. The number of nitrogens with zero attached hydrogens (tertiary/aromatic N) is 3. The Morgan fingerprint density at radius 1 is 1.35 bits per heavy atom. The first kappa shape index (κ1) is 16.5. The third-order valence-corrected chi connectivity index (χ3v) is 4.39. The van der Waals surface area contributed by atoms with E-state index < -0.39 is 0 Å². The first-order chi connectivity index (χ1) is 11.1. The molecule has 5 nitrogen and oxygen atoms in total. The van der Waals surface area contributed by atoms with Gasteiger partial charge < -0.3 is 9.47 Å². The maximum atomic E-state index is 5.79. The molecule has 2 aromatic rings. The van der Waals surface area contributed by atoms with Crippen LogP contribution in [0, 0.1) is 5.92 Å². The highest BCUT2D eigenvalue weighted by Gasteiger charge is 2.28. The maximum Gasteiger partial charge on any atom is 0.233 e. The van der Waals surface area contributed by atoms with Crippen LogP contribution in [0.15, 0.2) is 35.1 Å². The quantitative estimate of drug-likeness (QED) is 0.746. The Morgan fingerprint density at radius 2 is 2.17 bits per heavy atom. The van der Waals surface area contributed by atoms with Gasteiger partial charge in [-0.05, 0) is 18.2 Å². The number of aromatic nitrogens is 2. The highest BCUT2D eigenvalue weighted by Crippen LogP contribution is 2.27. The molecular formula is C16H17BrClN3O2. The van der Waals surface area contributed by atoms with Crippen molar-refractivity contribution in [3.63, 3.8) is 0 Å². The standard InChI is InChI=1S/C16H17BrClN3O2/c1-22-14-3-2-13(17)4-12(14)9-21-7-11(8-21)10-23-16-6-19-5-15(18)20-16/h2-6,11H,7-10H2,1H3. The van der Waals surface area contributed by atoms with Crippen LogP contribution in [-0.2, 0) is 6.54 Å². The van der Waals surface area contributed by atoms with Crippen molar-refractivity contribution in [3.05, 3.63) is 45.8 Å². The summed E-state index contributed by atoms with van der Waals surface area (Å²) < 4.78 is 12.1. The lowest BCUT2D eigenvalue weighted by Gasteiger charge is -2.39. The van der Waals surface area contributed by atoms with Gasteiger partial charge >= 0.3 is 0 Å². The molecule has 3 rings (SSSR count). The molecule has 0 saturated carbocycles. The van der Waals surface area contributed by atoms with E-state index in [0.717, 1.165) is 29.9 Å². The van der Waals surface area contributed by atoms with Gasteiger partial charge in [0.1, 0.15) is 5.75 Å². The maximum absolute atomic E-state index is 5.79. The Labute approximate surface area is 148 Å². The van der Waals surface area contributed by atoms with E-state index >= 15 is 0 Å². The van der Waals surface area contributed by atoms with Crippen LogP contribution in [0.1, 0.15) is 5.56 Å². The van der Waals surface area contributed by atoms with Crippen LogP contribution in [0.4, 0.5) is 0 Å². The second-order valence-electron chi connectivity index (χ2n) is 5.51. The molecule has 122 valence electrons. The molecule has 23 heavy (non-hydrogen) atoms. The van der Waals surface area contributed by atoms with Gasteiger partial charge in [0.15, 0.2) is 5.15 Å². The first-order valence-electron chi connectivity index (χ1n) is 7.29. The zero-order valence-corrected chi connectivity index (χ0v) is 15.0. The van der Waals surface area contributed by atoms with Gasteiger partial charge in [0, 0.05) is 35.6 Å². The van der Waals surface area contributed by atoms with Gasteiger partial charge in [-0.25, -0.2) is 0 Å². The summed E-state index contributed by atoms with van der Waals surface area (Å²) >= 11 is 9.29. The molecule has 1 fully saturated rings. The van der Waals surface area contributed by atoms with Gasteiger partial charge in [-0.2, -0.15) is 4.98 Å². The van der Waals surface area contributed by atoms with Crippen molar-refractivity contribution in [1.29, 1.82) is 0 Å². The summed E-state index contributed by atoms with van der Waals surface area (Å²) in [5.74, 6) is 1.89. The molecule has 1 aromatic carbocycles. The molecule has 1 aliphatic rings. The van der Waals surface area contributed by atoms with E-state index in [0.29, 0.717) is 23.6 Å². The molecule has 0 atom stereocenters. The summed E-state index contributed by atoms with van der Waals surface area (Å²) in [5, 5.41) is 0.347. The second-order valence-corrected chi connectivity index (χ2v) is 6.81. The average molecular weight is 399 g/mol. The fourth-order valence-electron chi connectivity index (χ4n) is 2.62. The van der Waals surface area contributed by atoms with Crippen molar-refractivity contribution >= 4 is 27.5 Å². The van der Waals surface area contributed by atoms with Crippen LogP contribution in [-0.4, -0.2) is 41.7 Å². The summed E-state index contributed by atoms with van der Waals surface area (Å²) in [5.41, 5.74) is 1.18. The Morgan fingerprint density at radius 3 is 2.91 bits per heavy atom. The zero-order chi connectivity index (χ0) is 16.2. The highest BCUT2D eigenvalue weighted by atomic mass is 79.9. The molecule has 0 amide bonds. The number of benzene rings is 1. The Kier molecular flexibility index (Phi) is 5.35. The Balaban J connectivity index is 1.47. The van der Waals surface area contributed by atoms with Crippen molar-refractivity contribution in [1.82, 2.24) is 14.9 Å². The summed E-state index contributed by atoms with van der Waals surface area (Å²) in [6, 6.07) is 6.07. The third-order valence-electron chi connectivity index (χ3n) is 3.72. The van der Waals surface area contributed by atoms with Gasteiger partial charge in [0.2, 0.25) is 5.88 Å². The molecule has 7 heteroatoms. The van der Waals surface area contributed by atoms with Gasteiger partial charge in [-0.3, -0.25) is 9.88 Å². The molecule has 0 aliphatic carbocycles. The minimum atomic E-state index is 0.347. The smallest absolute Gasteiger partial charge is 0.233 e. The molecule has 0 spiro atoms. The van der Waals surface area contributed by atoms with Crippen molar-refractivity contribution in [2.75, 3.05) is 26.8 Å². The van der Waals surface area contributed by atoms with Crippen LogP contribution in [0.2, 0.25) is 5.15 Å². The summed E-state index contributed by atoms with van der Waals surface area (Å²) in [4.78, 5) is 10.4. The number of methoxy groups -OCH3 is 1. The number of ether oxygens (including phenoxy) is 2. The lowest BCUT2D eigenvalue weighted by atomic mass is 10.00. The van der Waals surface area contributed by atoms with Crippen molar-refractivity contribution in [3.8, 4) is 11.6 Å². The Bertz CT molecular complexity index is 680. The largest absolute Gasteiger partial charge is 0.496 e. The first-order valence-corrected chi connectivity index (χ1v) is 8.46. The van der Waals surface area contributed by atoms with Gasteiger partial charge in [0.05, 0.1) is 26.1 Å². The summed E-state index contributed by atoms with van der Waals surface area (Å²) in [6.45, 7) is 3.48. The van der Waals surface area contributed by atoms with E-state index in [4.69, 9.17) is 21.1 Å².